The minimum absolute atomic E-state index is 0.291. The van der Waals surface area contributed by atoms with Crippen molar-refractivity contribution in [3.63, 3.8) is 0 Å². The molecule has 0 aliphatic rings. The number of aromatic nitrogens is 2. The van der Waals surface area contributed by atoms with Crippen LogP contribution in [-0.2, 0) is 6.54 Å². The molecule has 0 bridgehead atoms. The SMILES string of the molecule is CCCn1ncc(OC)c1C(C)CN. The Bertz CT molecular complexity index is 283. The van der Waals surface area contributed by atoms with Gasteiger partial charge in [0.1, 0.15) is 0 Å². The Labute approximate surface area is 85.0 Å². The van der Waals surface area contributed by atoms with Gasteiger partial charge in [0.25, 0.3) is 0 Å². The Morgan fingerprint density at radius 3 is 2.86 bits per heavy atom. The van der Waals surface area contributed by atoms with Crippen molar-refractivity contribution in [3.05, 3.63) is 11.9 Å². The molecule has 0 aromatic carbocycles. The van der Waals surface area contributed by atoms with Gasteiger partial charge in [-0.15, -0.1) is 0 Å². The lowest BCUT2D eigenvalue weighted by atomic mass is 10.1. The summed E-state index contributed by atoms with van der Waals surface area (Å²) in [6, 6.07) is 0. The first-order chi connectivity index (χ1) is 6.74. The van der Waals surface area contributed by atoms with Crippen LogP contribution in [0.15, 0.2) is 6.20 Å². The van der Waals surface area contributed by atoms with E-state index in [-0.39, 0.29) is 0 Å². The van der Waals surface area contributed by atoms with Crippen LogP contribution in [0, 0.1) is 0 Å². The van der Waals surface area contributed by atoms with Gasteiger partial charge in [0.15, 0.2) is 5.75 Å². The van der Waals surface area contributed by atoms with Crippen molar-refractivity contribution >= 4 is 0 Å². The van der Waals surface area contributed by atoms with E-state index in [4.69, 9.17) is 10.5 Å². The fraction of sp³-hybridized carbons (Fsp3) is 0.700. The maximum Gasteiger partial charge on any atom is 0.160 e. The molecule has 0 fully saturated rings. The van der Waals surface area contributed by atoms with Crippen molar-refractivity contribution in [1.29, 1.82) is 0 Å². The minimum Gasteiger partial charge on any atom is -0.493 e. The highest BCUT2D eigenvalue weighted by Gasteiger charge is 2.16. The third-order valence-corrected chi connectivity index (χ3v) is 2.32. The highest BCUT2D eigenvalue weighted by Crippen LogP contribution is 2.25. The van der Waals surface area contributed by atoms with Crippen LogP contribution in [0.5, 0.6) is 5.75 Å². The van der Waals surface area contributed by atoms with E-state index in [9.17, 15) is 0 Å². The molecular formula is C10H19N3O. The van der Waals surface area contributed by atoms with Gasteiger partial charge in [0, 0.05) is 19.0 Å². The van der Waals surface area contributed by atoms with Crippen LogP contribution in [0.1, 0.15) is 31.9 Å². The van der Waals surface area contributed by atoms with Crippen LogP contribution < -0.4 is 10.5 Å². The fourth-order valence-corrected chi connectivity index (χ4v) is 1.53. The third kappa shape index (κ3) is 2.07. The van der Waals surface area contributed by atoms with Crippen molar-refractivity contribution in [1.82, 2.24) is 9.78 Å². The normalized spacial score (nSPS) is 12.9. The summed E-state index contributed by atoms with van der Waals surface area (Å²) in [5.74, 6) is 1.13. The lowest BCUT2D eigenvalue weighted by Crippen LogP contribution is -2.15. The molecule has 14 heavy (non-hydrogen) atoms. The van der Waals surface area contributed by atoms with E-state index in [2.05, 4.69) is 18.9 Å². The fourth-order valence-electron chi connectivity index (χ4n) is 1.53. The first-order valence-electron chi connectivity index (χ1n) is 5.04. The average Bonchev–Trinajstić information content (AvgIpc) is 2.60. The maximum atomic E-state index is 5.66. The van der Waals surface area contributed by atoms with Gasteiger partial charge in [-0.25, -0.2) is 0 Å². The van der Waals surface area contributed by atoms with Crippen LogP contribution in [0.25, 0.3) is 0 Å². The number of nitrogens with two attached hydrogens (primary N) is 1. The van der Waals surface area contributed by atoms with Gasteiger partial charge in [-0.1, -0.05) is 13.8 Å². The molecule has 80 valence electrons. The van der Waals surface area contributed by atoms with Crippen molar-refractivity contribution in [2.45, 2.75) is 32.7 Å². The number of rotatable bonds is 5. The highest BCUT2D eigenvalue weighted by molar-refractivity contribution is 5.28. The van der Waals surface area contributed by atoms with Gasteiger partial charge < -0.3 is 10.5 Å². The molecule has 4 heteroatoms. The van der Waals surface area contributed by atoms with Crippen molar-refractivity contribution < 1.29 is 4.74 Å². The van der Waals surface area contributed by atoms with E-state index in [1.165, 1.54) is 0 Å². The highest BCUT2D eigenvalue weighted by atomic mass is 16.5. The van der Waals surface area contributed by atoms with E-state index in [0.717, 1.165) is 24.4 Å². The smallest absolute Gasteiger partial charge is 0.160 e. The Morgan fingerprint density at radius 1 is 1.64 bits per heavy atom. The molecular weight excluding hydrogens is 178 g/mol. The lowest BCUT2D eigenvalue weighted by molar-refractivity contribution is 0.402. The number of hydrogen-bond acceptors (Lipinski definition) is 3. The summed E-state index contributed by atoms with van der Waals surface area (Å²) >= 11 is 0. The van der Waals surface area contributed by atoms with E-state index >= 15 is 0 Å². The first-order valence-corrected chi connectivity index (χ1v) is 5.04. The maximum absolute atomic E-state index is 5.66. The summed E-state index contributed by atoms with van der Waals surface area (Å²) in [6.07, 6.45) is 2.83. The number of aryl methyl sites for hydroxylation is 1. The second-order valence-corrected chi connectivity index (χ2v) is 3.46. The Hall–Kier alpha value is -1.03. The van der Waals surface area contributed by atoms with E-state index in [1.54, 1.807) is 13.3 Å². The van der Waals surface area contributed by atoms with Crippen LogP contribution >= 0.6 is 0 Å². The molecule has 0 aliphatic heterocycles. The number of ether oxygens (including phenoxy) is 1. The molecule has 1 rings (SSSR count). The van der Waals surface area contributed by atoms with Gasteiger partial charge in [0.05, 0.1) is 19.0 Å². The van der Waals surface area contributed by atoms with Crippen LogP contribution in [0.2, 0.25) is 0 Å². The largest absolute Gasteiger partial charge is 0.493 e. The zero-order valence-corrected chi connectivity index (χ0v) is 9.16. The van der Waals surface area contributed by atoms with Crippen molar-refractivity contribution in [2.24, 2.45) is 5.73 Å². The first kappa shape index (κ1) is 11.0. The summed E-state index contributed by atoms with van der Waals surface area (Å²) in [6.45, 7) is 5.76. The van der Waals surface area contributed by atoms with Gasteiger partial charge in [0.2, 0.25) is 0 Å². The predicted molar refractivity (Wildman–Crippen MR) is 56.5 cm³/mol. The zero-order valence-electron chi connectivity index (χ0n) is 9.16. The van der Waals surface area contributed by atoms with Gasteiger partial charge in [-0.2, -0.15) is 5.10 Å². The number of nitrogens with zero attached hydrogens (tertiary/aromatic N) is 2. The molecule has 1 atom stereocenters. The van der Waals surface area contributed by atoms with Gasteiger partial charge in [-0.3, -0.25) is 4.68 Å². The molecule has 0 amide bonds. The minimum atomic E-state index is 0.291. The van der Waals surface area contributed by atoms with Crippen LogP contribution in [0.4, 0.5) is 0 Å². The summed E-state index contributed by atoms with van der Waals surface area (Å²) < 4.78 is 7.24. The zero-order chi connectivity index (χ0) is 10.6. The Balaban J connectivity index is 2.99. The van der Waals surface area contributed by atoms with Crippen molar-refractivity contribution in [3.8, 4) is 5.75 Å². The standard InChI is InChI=1S/C10H19N3O/c1-4-5-13-10(8(2)6-11)9(14-3)7-12-13/h7-8H,4-6,11H2,1-3H3. The average molecular weight is 197 g/mol. The second kappa shape index (κ2) is 5.00. The monoisotopic (exact) mass is 197 g/mol. The molecule has 4 nitrogen and oxygen atoms in total. The summed E-state index contributed by atoms with van der Waals surface area (Å²) in [5, 5.41) is 4.28. The number of hydrogen-bond donors (Lipinski definition) is 1. The number of methoxy groups -OCH3 is 1. The van der Waals surface area contributed by atoms with Crippen LogP contribution in [-0.4, -0.2) is 23.4 Å². The molecule has 1 heterocycles. The van der Waals surface area contributed by atoms with Gasteiger partial charge >= 0.3 is 0 Å². The Morgan fingerprint density at radius 2 is 2.36 bits per heavy atom. The molecule has 1 aromatic rings. The Kier molecular flexibility index (Phi) is 3.95. The molecule has 0 saturated carbocycles. The molecule has 1 unspecified atom stereocenters. The molecule has 2 N–H and O–H groups in total. The van der Waals surface area contributed by atoms with E-state index in [0.29, 0.717) is 12.5 Å². The quantitative estimate of drug-likeness (QED) is 0.775. The molecule has 0 saturated heterocycles. The van der Waals surface area contributed by atoms with E-state index < -0.39 is 0 Å². The molecule has 1 aromatic heterocycles. The molecule has 0 spiro atoms. The topological polar surface area (TPSA) is 53.1 Å². The molecule has 0 radical (unpaired) electrons. The summed E-state index contributed by atoms with van der Waals surface area (Å²) in [4.78, 5) is 0. The summed E-state index contributed by atoms with van der Waals surface area (Å²) in [5.41, 5.74) is 6.76. The van der Waals surface area contributed by atoms with Gasteiger partial charge in [-0.05, 0) is 6.42 Å². The second-order valence-electron chi connectivity index (χ2n) is 3.46. The third-order valence-electron chi connectivity index (χ3n) is 2.32. The van der Waals surface area contributed by atoms with E-state index in [1.807, 2.05) is 4.68 Å². The summed E-state index contributed by atoms with van der Waals surface area (Å²) in [7, 11) is 1.67. The lowest BCUT2D eigenvalue weighted by Gasteiger charge is -2.13. The predicted octanol–water partition coefficient (Wildman–Crippen LogP) is 1.36. The molecule has 0 aliphatic carbocycles. The van der Waals surface area contributed by atoms with Crippen molar-refractivity contribution in [2.75, 3.05) is 13.7 Å². The van der Waals surface area contributed by atoms with Crippen LogP contribution in [0.3, 0.4) is 0 Å².